The maximum Gasteiger partial charge on any atom is 0.296 e. The second-order valence-corrected chi connectivity index (χ2v) is 5.49. The number of nitro benzene ring substituents is 1. The first-order chi connectivity index (χ1) is 10.1. The molecule has 1 aliphatic rings. The number of benzene rings is 1. The fourth-order valence-corrected chi connectivity index (χ4v) is 2.87. The molecule has 0 heterocycles. The van der Waals surface area contributed by atoms with E-state index in [1.165, 1.54) is 26.7 Å². The molecule has 1 N–H and O–H groups in total. The summed E-state index contributed by atoms with van der Waals surface area (Å²) in [5.74, 6) is 1.37. The lowest BCUT2D eigenvalue weighted by Crippen LogP contribution is -2.30. The standard InChI is InChI=1S/C15H22N2O4/c1-10-6-4-5-7-11(10)16-12-8-14(20-2)15(21-3)9-13(12)17(18)19/h8-11,16H,4-7H2,1-3H3. The molecule has 6 nitrogen and oxygen atoms in total. The number of methoxy groups -OCH3 is 2. The summed E-state index contributed by atoms with van der Waals surface area (Å²) < 4.78 is 10.4. The summed E-state index contributed by atoms with van der Waals surface area (Å²) in [7, 11) is 2.99. The third kappa shape index (κ3) is 3.37. The Hall–Kier alpha value is -1.98. The molecule has 0 aliphatic heterocycles. The number of nitro groups is 1. The van der Waals surface area contributed by atoms with Crippen LogP contribution in [0.25, 0.3) is 0 Å². The van der Waals surface area contributed by atoms with E-state index in [0.29, 0.717) is 23.1 Å². The van der Waals surface area contributed by atoms with Crippen molar-refractivity contribution in [3.05, 3.63) is 22.2 Å². The van der Waals surface area contributed by atoms with Gasteiger partial charge in [0.25, 0.3) is 5.69 Å². The molecule has 0 radical (unpaired) electrons. The minimum atomic E-state index is -0.391. The molecule has 0 spiro atoms. The van der Waals surface area contributed by atoms with Gasteiger partial charge in [0.1, 0.15) is 5.69 Å². The molecule has 0 amide bonds. The van der Waals surface area contributed by atoms with Crippen molar-refractivity contribution >= 4 is 11.4 Å². The van der Waals surface area contributed by atoms with Gasteiger partial charge in [0, 0.05) is 12.1 Å². The van der Waals surface area contributed by atoms with Crippen LogP contribution in [0.1, 0.15) is 32.6 Å². The minimum absolute atomic E-state index is 0.0189. The third-order valence-corrected chi connectivity index (χ3v) is 4.15. The zero-order chi connectivity index (χ0) is 15.4. The number of anilines is 1. The number of ether oxygens (including phenoxy) is 2. The molecule has 2 rings (SSSR count). The second-order valence-electron chi connectivity index (χ2n) is 5.49. The van der Waals surface area contributed by atoms with Crippen LogP contribution in [0, 0.1) is 16.0 Å². The van der Waals surface area contributed by atoms with Gasteiger partial charge in [0.05, 0.1) is 25.2 Å². The largest absolute Gasteiger partial charge is 0.493 e. The minimum Gasteiger partial charge on any atom is -0.493 e. The summed E-state index contributed by atoms with van der Waals surface area (Å²) in [5, 5.41) is 14.6. The van der Waals surface area contributed by atoms with Crippen molar-refractivity contribution in [1.29, 1.82) is 0 Å². The van der Waals surface area contributed by atoms with Crippen molar-refractivity contribution < 1.29 is 14.4 Å². The Balaban J connectivity index is 2.33. The molecule has 0 saturated heterocycles. The highest BCUT2D eigenvalue weighted by Gasteiger charge is 2.26. The number of nitrogens with zero attached hydrogens (tertiary/aromatic N) is 1. The summed E-state index contributed by atoms with van der Waals surface area (Å²) >= 11 is 0. The molecule has 1 fully saturated rings. The zero-order valence-electron chi connectivity index (χ0n) is 12.7. The first-order valence-electron chi connectivity index (χ1n) is 7.23. The molecule has 21 heavy (non-hydrogen) atoms. The summed E-state index contributed by atoms with van der Waals surface area (Å²) in [6.45, 7) is 2.18. The van der Waals surface area contributed by atoms with Crippen LogP contribution >= 0.6 is 0 Å². The highest BCUT2D eigenvalue weighted by molar-refractivity contribution is 5.68. The zero-order valence-corrected chi connectivity index (χ0v) is 12.7. The second kappa shape index (κ2) is 6.65. The van der Waals surface area contributed by atoms with Crippen molar-refractivity contribution in [2.45, 2.75) is 38.6 Å². The van der Waals surface area contributed by atoms with E-state index in [9.17, 15) is 10.1 Å². The van der Waals surface area contributed by atoms with Crippen molar-refractivity contribution in [3.8, 4) is 11.5 Å². The van der Waals surface area contributed by atoms with Crippen molar-refractivity contribution in [3.63, 3.8) is 0 Å². The number of rotatable bonds is 5. The smallest absolute Gasteiger partial charge is 0.296 e. The van der Waals surface area contributed by atoms with E-state index in [-0.39, 0.29) is 11.7 Å². The van der Waals surface area contributed by atoms with Gasteiger partial charge in [-0.3, -0.25) is 10.1 Å². The molecule has 0 bridgehead atoms. The number of hydrogen-bond acceptors (Lipinski definition) is 5. The van der Waals surface area contributed by atoms with Gasteiger partial charge in [0.15, 0.2) is 11.5 Å². The Kier molecular flexibility index (Phi) is 4.88. The lowest BCUT2D eigenvalue weighted by molar-refractivity contribution is -0.384. The number of nitrogens with one attached hydrogen (secondary N) is 1. The van der Waals surface area contributed by atoms with Gasteiger partial charge >= 0.3 is 0 Å². The maximum absolute atomic E-state index is 11.3. The van der Waals surface area contributed by atoms with Gasteiger partial charge in [0.2, 0.25) is 0 Å². The number of hydrogen-bond donors (Lipinski definition) is 1. The van der Waals surface area contributed by atoms with Crippen molar-refractivity contribution in [1.82, 2.24) is 0 Å². The molecular weight excluding hydrogens is 272 g/mol. The highest BCUT2D eigenvalue weighted by Crippen LogP contribution is 2.39. The van der Waals surface area contributed by atoms with Gasteiger partial charge in [-0.05, 0) is 18.8 Å². The van der Waals surface area contributed by atoms with Crippen molar-refractivity contribution in [2.75, 3.05) is 19.5 Å². The SMILES string of the molecule is COc1cc(NC2CCCCC2C)c([N+](=O)[O-])cc1OC. The van der Waals surface area contributed by atoms with Gasteiger partial charge in [-0.25, -0.2) is 0 Å². The van der Waals surface area contributed by atoms with Gasteiger partial charge in [-0.1, -0.05) is 19.8 Å². The lowest BCUT2D eigenvalue weighted by atomic mass is 9.86. The highest BCUT2D eigenvalue weighted by atomic mass is 16.6. The van der Waals surface area contributed by atoms with E-state index in [1.54, 1.807) is 6.07 Å². The van der Waals surface area contributed by atoms with Gasteiger partial charge in [-0.15, -0.1) is 0 Å². The Morgan fingerprint density at radius 2 is 1.81 bits per heavy atom. The molecule has 0 aromatic heterocycles. The van der Waals surface area contributed by atoms with E-state index in [4.69, 9.17) is 9.47 Å². The fraction of sp³-hybridized carbons (Fsp3) is 0.600. The molecule has 1 aromatic carbocycles. The van der Waals surface area contributed by atoms with E-state index in [2.05, 4.69) is 12.2 Å². The summed E-state index contributed by atoms with van der Waals surface area (Å²) in [6, 6.07) is 3.32. The average molecular weight is 294 g/mol. The Morgan fingerprint density at radius 1 is 1.19 bits per heavy atom. The summed E-state index contributed by atoms with van der Waals surface area (Å²) in [6.07, 6.45) is 4.57. The normalized spacial score (nSPS) is 21.7. The Labute approximate surface area is 124 Å². The van der Waals surface area contributed by atoms with E-state index < -0.39 is 4.92 Å². The molecule has 2 atom stereocenters. The summed E-state index contributed by atoms with van der Waals surface area (Å²) in [4.78, 5) is 10.9. The van der Waals surface area contributed by atoms with Crippen LogP contribution in [-0.4, -0.2) is 25.2 Å². The van der Waals surface area contributed by atoms with E-state index in [1.807, 2.05) is 0 Å². The predicted molar refractivity (Wildman–Crippen MR) is 81.2 cm³/mol. The van der Waals surface area contributed by atoms with Gasteiger partial charge < -0.3 is 14.8 Å². The van der Waals surface area contributed by atoms with E-state index in [0.717, 1.165) is 19.3 Å². The maximum atomic E-state index is 11.3. The monoisotopic (exact) mass is 294 g/mol. The molecule has 6 heteroatoms. The molecule has 1 aromatic rings. The molecule has 116 valence electrons. The quantitative estimate of drug-likeness (QED) is 0.663. The first-order valence-corrected chi connectivity index (χ1v) is 7.23. The topological polar surface area (TPSA) is 73.6 Å². The van der Waals surface area contributed by atoms with Crippen LogP contribution in [-0.2, 0) is 0 Å². The molecule has 2 unspecified atom stereocenters. The van der Waals surface area contributed by atoms with Crippen LogP contribution < -0.4 is 14.8 Å². The molecule has 1 aliphatic carbocycles. The van der Waals surface area contributed by atoms with E-state index >= 15 is 0 Å². The average Bonchev–Trinajstić information content (AvgIpc) is 2.48. The molecular formula is C15H22N2O4. The molecule has 1 saturated carbocycles. The van der Waals surface area contributed by atoms with Crippen LogP contribution in [0.4, 0.5) is 11.4 Å². The van der Waals surface area contributed by atoms with Gasteiger partial charge in [-0.2, -0.15) is 0 Å². The van der Waals surface area contributed by atoms with Crippen LogP contribution in [0.3, 0.4) is 0 Å². The fourth-order valence-electron chi connectivity index (χ4n) is 2.87. The Morgan fingerprint density at radius 3 is 2.38 bits per heavy atom. The predicted octanol–water partition coefficient (Wildman–Crippen LogP) is 3.60. The first kappa shape index (κ1) is 15.4. The lowest BCUT2D eigenvalue weighted by Gasteiger charge is -2.30. The third-order valence-electron chi connectivity index (χ3n) is 4.15. The Bertz CT molecular complexity index is 519. The van der Waals surface area contributed by atoms with Crippen molar-refractivity contribution in [2.24, 2.45) is 5.92 Å². The summed E-state index contributed by atoms with van der Waals surface area (Å²) in [5.41, 5.74) is 0.516. The van der Waals surface area contributed by atoms with Crippen LogP contribution in [0.2, 0.25) is 0 Å². The van der Waals surface area contributed by atoms with Crippen LogP contribution in [0.15, 0.2) is 12.1 Å². The van der Waals surface area contributed by atoms with Crippen LogP contribution in [0.5, 0.6) is 11.5 Å².